The van der Waals surface area contributed by atoms with E-state index in [2.05, 4.69) is 15.6 Å². The molecule has 2 aliphatic heterocycles. The summed E-state index contributed by atoms with van der Waals surface area (Å²) in [4.78, 5) is 16.9. The van der Waals surface area contributed by atoms with Gasteiger partial charge in [0.1, 0.15) is 11.6 Å². The smallest absolute Gasteiger partial charge is 0.240 e. The molecule has 1 amide bonds. The Hall–Kier alpha value is -2.47. The fourth-order valence-corrected chi connectivity index (χ4v) is 4.13. The zero-order chi connectivity index (χ0) is 18.9. The van der Waals surface area contributed by atoms with Crippen LogP contribution in [0.1, 0.15) is 44.3 Å². The molecule has 0 radical (unpaired) electrons. The van der Waals surface area contributed by atoms with Gasteiger partial charge in [-0.05, 0) is 68.5 Å². The Kier molecular flexibility index (Phi) is 4.83. The van der Waals surface area contributed by atoms with Crippen molar-refractivity contribution in [1.82, 2.24) is 15.6 Å². The number of hydrogen-bond acceptors (Lipinski definition) is 4. The predicted octanol–water partition coefficient (Wildman–Crippen LogP) is 3.36. The predicted molar refractivity (Wildman–Crippen MR) is 101 cm³/mol. The number of halogens is 1. The topological polar surface area (TPSA) is 63.2 Å². The van der Waals surface area contributed by atoms with Crippen LogP contribution in [0.25, 0.3) is 11.1 Å². The van der Waals surface area contributed by atoms with Crippen molar-refractivity contribution in [3.8, 4) is 16.9 Å². The molecular formula is C21H24FN3O2. The number of nitrogens with zero attached hydrogens (tertiary/aromatic N) is 1. The lowest BCUT2D eigenvalue weighted by atomic mass is 9.88. The van der Waals surface area contributed by atoms with Crippen molar-refractivity contribution >= 4 is 5.91 Å². The van der Waals surface area contributed by atoms with E-state index in [0.717, 1.165) is 43.5 Å². The van der Waals surface area contributed by atoms with Crippen LogP contribution in [0, 0.1) is 5.82 Å². The number of benzene rings is 1. The maximum atomic E-state index is 14.4. The van der Waals surface area contributed by atoms with Crippen LogP contribution >= 0.6 is 0 Å². The highest BCUT2D eigenvalue weighted by Gasteiger charge is 2.46. The number of ether oxygens (including phenoxy) is 1. The summed E-state index contributed by atoms with van der Waals surface area (Å²) in [6.45, 7) is 3.18. The van der Waals surface area contributed by atoms with Crippen molar-refractivity contribution < 1.29 is 13.9 Å². The monoisotopic (exact) mass is 369 g/mol. The molecule has 4 rings (SSSR count). The van der Waals surface area contributed by atoms with E-state index in [-0.39, 0.29) is 17.8 Å². The van der Waals surface area contributed by atoms with Crippen molar-refractivity contribution in [2.45, 2.75) is 44.2 Å². The molecule has 2 atom stereocenters. The van der Waals surface area contributed by atoms with Gasteiger partial charge < -0.3 is 10.1 Å². The molecule has 0 saturated carbocycles. The third-order valence-corrected chi connectivity index (χ3v) is 5.51. The van der Waals surface area contributed by atoms with E-state index in [9.17, 15) is 9.18 Å². The summed E-state index contributed by atoms with van der Waals surface area (Å²) in [7, 11) is 0. The zero-order valence-corrected chi connectivity index (χ0v) is 15.4. The second kappa shape index (κ2) is 7.27. The number of carbonyl (C=O) groups excluding carboxylic acids is 1. The van der Waals surface area contributed by atoms with Crippen molar-refractivity contribution in [2.75, 3.05) is 13.2 Å². The Morgan fingerprint density at radius 3 is 3.00 bits per heavy atom. The van der Waals surface area contributed by atoms with Crippen LogP contribution in [0.15, 0.2) is 36.5 Å². The molecule has 5 nitrogen and oxygen atoms in total. The maximum absolute atomic E-state index is 14.4. The molecule has 142 valence electrons. The minimum Gasteiger partial charge on any atom is -0.494 e. The first kappa shape index (κ1) is 17.9. The highest BCUT2D eigenvalue weighted by atomic mass is 19.1. The molecule has 1 spiro atoms. The number of piperidine rings is 1. The molecule has 0 bridgehead atoms. The van der Waals surface area contributed by atoms with Crippen LogP contribution in [-0.2, 0) is 4.79 Å². The number of nitrogens with one attached hydrogen (secondary N) is 2. The number of rotatable bonds is 4. The summed E-state index contributed by atoms with van der Waals surface area (Å²) >= 11 is 0. The Bertz CT molecular complexity index is 857. The van der Waals surface area contributed by atoms with Crippen LogP contribution in [0.3, 0.4) is 0 Å². The quantitative estimate of drug-likeness (QED) is 0.868. The minimum atomic E-state index is -0.485. The lowest BCUT2D eigenvalue weighted by Crippen LogP contribution is -2.57. The largest absolute Gasteiger partial charge is 0.494 e. The third kappa shape index (κ3) is 3.41. The van der Waals surface area contributed by atoms with E-state index in [1.165, 1.54) is 6.07 Å². The van der Waals surface area contributed by atoms with Crippen LogP contribution in [0.4, 0.5) is 4.39 Å². The van der Waals surface area contributed by atoms with Gasteiger partial charge in [-0.15, -0.1) is 0 Å². The molecule has 2 saturated heterocycles. The first-order valence-electron chi connectivity index (χ1n) is 9.56. The van der Waals surface area contributed by atoms with Crippen LogP contribution in [0.5, 0.6) is 5.75 Å². The summed E-state index contributed by atoms with van der Waals surface area (Å²) < 4.78 is 19.9. The Morgan fingerprint density at radius 1 is 1.30 bits per heavy atom. The molecule has 1 aromatic carbocycles. The van der Waals surface area contributed by atoms with Gasteiger partial charge in [-0.25, -0.2) is 4.39 Å². The molecule has 2 aromatic rings. The highest BCUT2D eigenvalue weighted by molar-refractivity contribution is 5.87. The third-order valence-electron chi connectivity index (χ3n) is 5.51. The molecule has 0 unspecified atom stereocenters. The average Bonchev–Trinajstić information content (AvgIpc) is 3.11. The van der Waals surface area contributed by atoms with E-state index in [0.29, 0.717) is 17.9 Å². The molecule has 0 aliphatic carbocycles. The van der Waals surface area contributed by atoms with Gasteiger partial charge in [0.05, 0.1) is 23.9 Å². The van der Waals surface area contributed by atoms with Crippen molar-refractivity contribution in [1.29, 1.82) is 0 Å². The summed E-state index contributed by atoms with van der Waals surface area (Å²) in [6, 6.07) is 8.48. The summed E-state index contributed by atoms with van der Waals surface area (Å²) in [5, 5.41) is 6.47. The standard InChI is InChI=1S/C21H24FN3O2/c1-2-27-15-4-5-17(22)16(13-15)14-7-11-23-19(12-14)18-6-9-21(25-18)8-3-10-24-20(21)26/h4-5,7,11-13,18,25H,2-3,6,8-10H2,1H3,(H,24,26)/t18-,21+/m1/s1. The maximum Gasteiger partial charge on any atom is 0.240 e. The SMILES string of the molecule is CCOc1ccc(F)c(-c2ccnc([C@H]3CC[C@]4(CCCNC4=O)N3)c2)c1. The van der Waals surface area contributed by atoms with Gasteiger partial charge in [0, 0.05) is 18.3 Å². The molecule has 2 aliphatic rings. The van der Waals surface area contributed by atoms with Crippen molar-refractivity contribution in [3.63, 3.8) is 0 Å². The molecule has 3 heterocycles. The number of amides is 1. The van der Waals surface area contributed by atoms with Gasteiger partial charge >= 0.3 is 0 Å². The molecule has 2 fully saturated rings. The van der Waals surface area contributed by atoms with E-state index in [1.807, 2.05) is 13.0 Å². The van der Waals surface area contributed by atoms with Crippen LogP contribution < -0.4 is 15.4 Å². The van der Waals surface area contributed by atoms with Crippen LogP contribution in [0.2, 0.25) is 0 Å². The second-order valence-electron chi connectivity index (χ2n) is 7.22. The molecule has 1 aromatic heterocycles. The van der Waals surface area contributed by atoms with Gasteiger partial charge in [-0.3, -0.25) is 15.1 Å². The normalized spacial score (nSPS) is 24.8. The summed E-state index contributed by atoms with van der Waals surface area (Å²) in [5.74, 6) is 0.435. The average molecular weight is 369 g/mol. The first-order valence-corrected chi connectivity index (χ1v) is 9.56. The van der Waals surface area contributed by atoms with Gasteiger partial charge in [0.2, 0.25) is 5.91 Å². The number of aromatic nitrogens is 1. The lowest BCUT2D eigenvalue weighted by Gasteiger charge is -2.33. The zero-order valence-electron chi connectivity index (χ0n) is 15.4. The number of pyridine rings is 1. The molecule has 2 N–H and O–H groups in total. The van der Waals surface area contributed by atoms with Gasteiger partial charge in [0.25, 0.3) is 0 Å². The van der Waals surface area contributed by atoms with Crippen molar-refractivity contribution in [2.24, 2.45) is 0 Å². The fourth-order valence-electron chi connectivity index (χ4n) is 4.13. The number of carbonyl (C=O) groups is 1. The van der Waals surface area contributed by atoms with Crippen molar-refractivity contribution in [3.05, 3.63) is 48.0 Å². The van der Waals surface area contributed by atoms with Gasteiger partial charge in [-0.1, -0.05) is 0 Å². The summed E-state index contributed by atoms with van der Waals surface area (Å²) in [6.07, 6.45) is 5.16. The van der Waals surface area contributed by atoms with E-state index >= 15 is 0 Å². The highest BCUT2D eigenvalue weighted by Crippen LogP contribution is 2.37. The minimum absolute atomic E-state index is 0.00747. The van der Waals surface area contributed by atoms with E-state index < -0.39 is 5.54 Å². The Balaban J connectivity index is 1.60. The molecular weight excluding hydrogens is 345 g/mol. The van der Waals surface area contributed by atoms with Crippen LogP contribution in [-0.4, -0.2) is 29.6 Å². The Morgan fingerprint density at radius 2 is 2.19 bits per heavy atom. The second-order valence-corrected chi connectivity index (χ2v) is 7.22. The summed E-state index contributed by atoms with van der Waals surface area (Å²) in [5.41, 5.74) is 1.60. The van der Waals surface area contributed by atoms with E-state index in [4.69, 9.17) is 4.74 Å². The molecule has 6 heteroatoms. The first-order chi connectivity index (χ1) is 13.1. The van der Waals surface area contributed by atoms with Gasteiger partial charge in [-0.2, -0.15) is 0 Å². The van der Waals surface area contributed by atoms with Gasteiger partial charge in [0.15, 0.2) is 0 Å². The Labute approximate surface area is 158 Å². The number of hydrogen-bond donors (Lipinski definition) is 2. The lowest BCUT2D eigenvalue weighted by molar-refractivity contribution is -0.129. The van der Waals surface area contributed by atoms with E-state index in [1.54, 1.807) is 24.4 Å². The molecule has 27 heavy (non-hydrogen) atoms. The fraction of sp³-hybridized carbons (Fsp3) is 0.429.